The molecule has 2 N–H and O–H groups in total. The van der Waals surface area contributed by atoms with Crippen LogP contribution >= 0.6 is 0 Å². The van der Waals surface area contributed by atoms with Crippen LogP contribution in [0.3, 0.4) is 0 Å². The van der Waals surface area contributed by atoms with Gasteiger partial charge in [-0.2, -0.15) is 0 Å². The fraction of sp³-hybridized carbons (Fsp3) is 0.444. The van der Waals surface area contributed by atoms with Gasteiger partial charge in [0.2, 0.25) is 5.91 Å². The fourth-order valence-corrected chi connectivity index (χ4v) is 4.68. The van der Waals surface area contributed by atoms with Crippen molar-refractivity contribution < 1.29 is 13.2 Å². The molecule has 1 aliphatic carbocycles. The molecular formula is C18H21N3O4S. The lowest BCUT2D eigenvalue weighted by Gasteiger charge is -2.25. The molecule has 0 spiro atoms. The Morgan fingerprint density at radius 1 is 1.08 bits per heavy atom. The van der Waals surface area contributed by atoms with Crippen LogP contribution in [-0.2, 0) is 14.6 Å². The zero-order valence-corrected chi connectivity index (χ0v) is 15.3. The third kappa shape index (κ3) is 2.88. The first-order valence-corrected chi connectivity index (χ1v) is 10.7. The van der Waals surface area contributed by atoms with Crippen LogP contribution in [0.2, 0.25) is 0 Å². The lowest BCUT2D eigenvalue weighted by molar-refractivity contribution is -0.116. The van der Waals surface area contributed by atoms with E-state index < -0.39 is 9.84 Å². The van der Waals surface area contributed by atoms with Crippen molar-refractivity contribution in [1.82, 2.24) is 9.78 Å². The Labute approximate surface area is 151 Å². The van der Waals surface area contributed by atoms with Gasteiger partial charge >= 0.3 is 0 Å². The molecule has 1 aromatic carbocycles. The molecule has 2 aromatic rings. The summed E-state index contributed by atoms with van der Waals surface area (Å²) in [6, 6.07) is 6.64. The maximum Gasteiger partial charge on any atom is 0.270 e. The molecular weight excluding hydrogens is 354 g/mol. The van der Waals surface area contributed by atoms with E-state index in [1.54, 1.807) is 12.1 Å². The van der Waals surface area contributed by atoms with Gasteiger partial charge < -0.3 is 5.32 Å². The van der Waals surface area contributed by atoms with Crippen molar-refractivity contribution in [1.29, 1.82) is 0 Å². The van der Waals surface area contributed by atoms with Gasteiger partial charge in [0.15, 0.2) is 9.84 Å². The molecule has 0 unspecified atom stereocenters. The van der Waals surface area contributed by atoms with E-state index >= 15 is 0 Å². The minimum Gasteiger partial charge on any atom is -0.311 e. The van der Waals surface area contributed by atoms with Crippen molar-refractivity contribution in [2.45, 2.75) is 49.0 Å². The van der Waals surface area contributed by atoms with E-state index in [2.05, 4.69) is 10.4 Å². The Balaban J connectivity index is 1.78. The van der Waals surface area contributed by atoms with E-state index in [0.717, 1.165) is 37.5 Å². The number of amides is 1. The Hall–Kier alpha value is -2.35. The number of benzene rings is 1. The highest BCUT2D eigenvalue weighted by atomic mass is 32.2. The van der Waals surface area contributed by atoms with Crippen LogP contribution in [-0.4, -0.2) is 30.4 Å². The van der Waals surface area contributed by atoms with Crippen LogP contribution in [0.4, 0.5) is 5.82 Å². The lowest BCUT2D eigenvalue weighted by Crippen LogP contribution is -2.27. The number of aromatic amines is 1. The average molecular weight is 375 g/mol. The molecule has 1 atom stereocenters. The van der Waals surface area contributed by atoms with Gasteiger partial charge in [-0.25, -0.2) is 8.42 Å². The Morgan fingerprint density at radius 2 is 1.73 bits per heavy atom. The van der Waals surface area contributed by atoms with Gasteiger partial charge in [0.1, 0.15) is 5.82 Å². The number of nitrogens with one attached hydrogen (secondary N) is 2. The standard InChI is InChI=1S/C18H21N3O4S/c1-26(24,25)13-8-6-11(7-9-13)14-10-15(22)19-17-16(14)18(23)20-21(17)12-4-2-3-5-12/h6-9,12,14H,2-5,10H2,1H3,(H,19,22)(H,20,23)/t14-/m1/s1. The quantitative estimate of drug-likeness (QED) is 0.858. The van der Waals surface area contributed by atoms with Gasteiger partial charge in [-0.3, -0.25) is 19.4 Å². The number of nitrogens with zero attached hydrogens (tertiary/aromatic N) is 1. The Morgan fingerprint density at radius 3 is 2.35 bits per heavy atom. The molecule has 8 heteroatoms. The predicted molar refractivity (Wildman–Crippen MR) is 97.2 cm³/mol. The molecule has 2 aliphatic rings. The second kappa shape index (κ2) is 6.12. The summed E-state index contributed by atoms with van der Waals surface area (Å²) in [7, 11) is -3.29. The van der Waals surface area contributed by atoms with Gasteiger partial charge in [-0.1, -0.05) is 25.0 Å². The maximum atomic E-state index is 12.6. The van der Waals surface area contributed by atoms with E-state index in [0.29, 0.717) is 11.4 Å². The summed E-state index contributed by atoms with van der Waals surface area (Å²) in [5.41, 5.74) is 1.14. The number of carbonyl (C=O) groups is 1. The molecule has 138 valence electrons. The molecule has 0 saturated heterocycles. The van der Waals surface area contributed by atoms with Gasteiger partial charge in [-0.15, -0.1) is 0 Å². The summed E-state index contributed by atoms with van der Waals surface area (Å²) in [5, 5.41) is 5.76. The summed E-state index contributed by atoms with van der Waals surface area (Å²) in [6.45, 7) is 0. The number of H-pyrrole nitrogens is 1. The number of hydrogen-bond acceptors (Lipinski definition) is 4. The van der Waals surface area contributed by atoms with E-state index in [-0.39, 0.29) is 34.7 Å². The number of anilines is 1. The SMILES string of the molecule is CS(=O)(=O)c1ccc([C@H]2CC(=O)Nc3c2c(=O)[nH]n3C2CCCC2)cc1. The van der Waals surface area contributed by atoms with Crippen LogP contribution in [0.1, 0.15) is 55.2 Å². The third-order valence-electron chi connectivity index (χ3n) is 5.36. The first kappa shape index (κ1) is 17.1. The first-order valence-electron chi connectivity index (χ1n) is 8.79. The van der Waals surface area contributed by atoms with E-state index in [9.17, 15) is 18.0 Å². The molecule has 0 radical (unpaired) electrons. The van der Waals surface area contributed by atoms with Crippen LogP contribution in [0.25, 0.3) is 0 Å². The molecule has 26 heavy (non-hydrogen) atoms. The minimum absolute atomic E-state index is 0.138. The van der Waals surface area contributed by atoms with Crippen LogP contribution in [0, 0.1) is 0 Å². The van der Waals surface area contributed by atoms with Crippen LogP contribution in [0.5, 0.6) is 0 Å². The minimum atomic E-state index is -3.29. The highest BCUT2D eigenvalue weighted by Crippen LogP contribution is 2.39. The van der Waals surface area contributed by atoms with E-state index in [1.807, 2.05) is 4.68 Å². The van der Waals surface area contributed by atoms with E-state index in [4.69, 9.17) is 0 Å². The monoisotopic (exact) mass is 375 g/mol. The summed E-state index contributed by atoms with van der Waals surface area (Å²) in [6.07, 6.45) is 5.53. The van der Waals surface area contributed by atoms with E-state index in [1.165, 1.54) is 12.1 Å². The topological polar surface area (TPSA) is 101 Å². The summed E-state index contributed by atoms with van der Waals surface area (Å²) in [4.78, 5) is 25.1. The molecule has 1 saturated carbocycles. The highest BCUT2D eigenvalue weighted by molar-refractivity contribution is 7.90. The molecule has 1 amide bonds. The number of fused-ring (bicyclic) bond motifs is 1. The van der Waals surface area contributed by atoms with Crippen molar-refractivity contribution in [2.75, 3.05) is 11.6 Å². The Bertz CT molecular complexity index is 1010. The number of aromatic nitrogens is 2. The number of rotatable bonds is 3. The predicted octanol–water partition coefficient (Wildman–Crippen LogP) is 2.17. The molecule has 4 rings (SSSR count). The van der Waals surface area contributed by atoms with Crippen molar-refractivity contribution in [3.05, 3.63) is 45.7 Å². The summed E-state index contributed by atoms with van der Waals surface area (Å²) < 4.78 is 25.1. The number of carbonyl (C=O) groups excluding carboxylic acids is 1. The van der Waals surface area contributed by atoms with Crippen molar-refractivity contribution >= 4 is 21.6 Å². The Kier molecular flexibility index (Phi) is 4.02. The molecule has 2 heterocycles. The van der Waals surface area contributed by atoms with Crippen molar-refractivity contribution in [2.24, 2.45) is 0 Å². The third-order valence-corrected chi connectivity index (χ3v) is 6.49. The smallest absolute Gasteiger partial charge is 0.270 e. The highest BCUT2D eigenvalue weighted by Gasteiger charge is 2.34. The first-order chi connectivity index (χ1) is 12.3. The fourth-order valence-electron chi connectivity index (χ4n) is 4.05. The molecule has 1 aromatic heterocycles. The average Bonchev–Trinajstić information content (AvgIpc) is 3.22. The second-order valence-corrected chi connectivity index (χ2v) is 9.17. The number of sulfone groups is 1. The largest absolute Gasteiger partial charge is 0.311 e. The maximum absolute atomic E-state index is 12.6. The lowest BCUT2D eigenvalue weighted by atomic mass is 9.87. The second-order valence-electron chi connectivity index (χ2n) is 7.16. The van der Waals surface area contributed by atoms with Crippen LogP contribution in [0.15, 0.2) is 34.0 Å². The molecule has 1 aliphatic heterocycles. The van der Waals surface area contributed by atoms with Crippen LogP contribution < -0.4 is 10.9 Å². The van der Waals surface area contributed by atoms with Gasteiger partial charge in [0.05, 0.1) is 16.5 Å². The zero-order valence-electron chi connectivity index (χ0n) is 14.5. The normalized spacial score (nSPS) is 20.8. The van der Waals surface area contributed by atoms with Crippen molar-refractivity contribution in [3.8, 4) is 0 Å². The van der Waals surface area contributed by atoms with Gasteiger partial charge in [0, 0.05) is 18.6 Å². The summed E-state index contributed by atoms with van der Waals surface area (Å²) in [5.74, 6) is 0.0505. The molecule has 1 fully saturated rings. The summed E-state index contributed by atoms with van der Waals surface area (Å²) >= 11 is 0. The zero-order chi connectivity index (χ0) is 18.5. The van der Waals surface area contributed by atoms with Gasteiger partial charge in [-0.05, 0) is 30.5 Å². The number of hydrogen-bond donors (Lipinski definition) is 2. The molecule has 0 bridgehead atoms. The van der Waals surface area contributed by atoms with Gasteiger partial charge in [0.25, 0.3) is 5.56 Å². The molecule has 7 nitrogen and oxygen atoms in total. The van der Waals surface area contributed by atoms with Crippen molar-refractivity contribution in [3.63, 3.8) is 0 Å².